The number of hydrogen-bond acceptors (Lipinski definition) is 4. The molecular formula is C7H11N3S. The van der Waals surface area contributed by atoms with E-state index in [4.69, 9.17) is 5.84 Å². The van der Waals surface area contributed by atoms with Crippen molar-refractivity contribution in [1.29, 1.82) is 0 Å². The molecule has 1 aromatic heterocycles. The fraction of sp³-hybridized carbons (Fsp3) is 0.286. The van der Waals surface area contributed by atoms with Crippen LogP contribution in [0.3, 0.4) is 0 Å². The molecule has 0 aliphatic carbocycles. The number of nitrogens with zero attached hydrogens (tertiary/aromatic N) is 1. The van der Waals surface area contributed by atoms with Gasteiger partial charge in [-0.3, -0.25) is 0 Å². The molecule has 0 atom stereocenters. The lowest BCUT2D eigenvalue weighted by Crippen LogP contribution is -2.08. The van der Waals surface area contributed by atoms with Gasteiger partial charge in [0.15, 0.2) is 0 Å². The molecule has 0 amide bonds. The molecule has 1 rings (SSSR count). The van der Waals surface area contributed by atoms with Crippen LogP contribution >= 0.6 is 11.8 Å². The second-order valence-electron chi connectivity index (χ2n) is 2.09. The molecule has 11 heavy (non-hydrogen) atoms. The van der Waals surface area contributed by atoms with Crippen molar-refractivity contribution in [3.8, 4) is 0 Å². The van der Waals surface area contributed by atoms with Gasteiger partial charge >= 0.3 is 0 Å². The van der Waals surface area contributed by atoms with Crippen LogP contribution in [0.5, 0.6) is 0 Å². The van der Waals surface area contributed by atoms with Crippen molar-refractivity contribution in [1.82, 2.24) is 4.98 Å². The molecule has 0 aromatic carbocycles. The van der Waals surface area contributed by atoms with Crippen LogP contribution in [0.1, 0.15) is 5.69 Å². The molecule has 60 valence electrons. The number of hydrogen-bond donors (Lipinski definition) is 2. The van der Waals surface area contributed by atoms with Gasteiger partial charge in [0.05, 0.1) is 5.69 Å². The first kappa shape index (κ1) is 8.36. The molecule has 0 saturated carbocycles. The molecule has 0 aliphatic rings. The van der Waals surface area contributed by atoms with Crippen LogP contribution in [0.25, 0.3) is 0 Å². The Morgan fingerprint density at radius 1 is 1.64 bits per heavy atom. The second-order valence-corrected chi connectivity index (χ2v) is 2.96. The standard InChI is InChI=1S/C7H11N3S/c1-11-5-6-3-2-4-7(9-6)10-8/h2-4H,5,8H2,1H3,(H,9,10). The Balaban J connectivity index is 2.74. The predicted octanol–water partition coefficient (Wildman–Crippen LogP) is 1.23. The van der Waals surface area contributed by atoms with Crippen LogP contribution in [0.15, 0.2) is 18.2 Å². The molecular weight excluding hydrogens is 158 g/mol. The van der Waals surface area contributed by atoms with E-state index in [1.807, 2.05) is 24.5 Å². The third kappa shape index (κ3) is 2.40. The van der Waals surface area contributed by atoms with Crippen molar-refractivity contribution in [2.24, 2.45) is 5.84 Å². The predicted molar refractivity (Wildman–Crippen MR) is 49.3 cm³/mol. The number of nitrogen functional groups attached to an aromatic ring is 1. The van der Waals surface area contributed by atoms with Gasteiger partial charge in [0.1, 0.15) is 5.82 Å². The van der Waals surface area contributed by atoms with E-state index in [2.05, 4.69) is 10.4 Å². The lowest BCUT2D eigenvalue weighted by atomic mass is 10.4. The number of rotatable bonds is 3. The summed E-state index contributed by atoms with van der Waals surface area (Å²) >= 11 is 1.74. The summed E-state index contributed by atoms with van der Waals surface area (Å²) < 4.78 is 0. The highest BCUT2D eigenvalue weighted by Gasteiger charge is 1.93. The lowest BCUT2D eigenvalue weighted by molar-refractivity contribution is 1.14. The molecule has 0 bridgehead atoms. The molecule has 4 heteroatoms. The lowest BCUT2D eigenvalue weighted by Gasteiger charge is -2.00. The normalized spacial score (nSPS) is 9.64. The zero-order chi connectivity index (χ0) is 8.10. The highest BCUT2D eigenvalue weighted by Crippen LogP contribution is 2.08. The first-order valence-corrected chi connectivity index (χ1v) is 4.67. The Hall–Kier alpha value is -0.740. The van der Waals surface area contributed by atoms with Crippen molar-refractivity contribution < 1.29 is 0 Å². The number of hydrazine groups is 1. The molecule has 0 spiro atoms. The average molecular weight is 169 g/mol. The van der Waals surface area contributed by atoms with E-state index in [0.29, 0.717) is 0 Å². The minimum atomic E-state index is 0.719. The third-order valence-corrected chi connectivity index (χ3v) is 1.83. The number of nitrogens with two attached hydrogens (primary N) is 1. The van der Waals surface area contributed by atoms with Gasteiger partial charge in [-0.2, -0.15) is 11.8 Å². The first-order chi connectivity index (χ1) is 5.36. The monoisotopic (exact) mass is 169 g/mol. The largest absolute Gasteiger partial charge is 0.308 e. The maximum absolute atomic E-state index is 5.20. The van der Waals surface area contributed by atoms with Gasteiger partial charge in [0.2, 0.25) is 0 Å². The van der Waals surface area contributed by atoms with Gasteiger partial charge in [-0.1, -0.05) is 6.07 Å². The van der Waals surface area contributed by atoms with E-state index in [9.17, 15) is 0 Å². The van der Waals surface area contributed by atoms with Crippen LogP contribution in [0, 0.1) is 0 Å². The Kier molecular flexibility index (Phi) is 3.19. The van der Waals surface area contributed by atoms with Gasteiger partial charge in [-0.25, -0.2) is 10.8 Å². The Labute approximate surface area is 70.4 Å². The fourth-order valence-electron chi connectivity index (χ4n) is 0.788. The van der Waals surface area contributed by atoms with Crippen LogP contribution < -0.4 is 11.3 Å². The molecule has 0 radical (unpaired) electrons. The summed E-state index contributed by atoms with van der Waals surface area (Å²) in [5.74, 6) is 6.84. The van der Waals surface area contributed by atoms with Gasteiger partial charge in [-0.15, -0.1) is 0 Å². The smallest absolute Gasteiger partial charge is 0.140 e. The molecule has 0 unspecified atom stereocenters. The van der Waals surface area contributed by atoms with E-state index >= 15 is 0 Å². The molecule has 1 aromatic rings. The summed E-state index contributed by atoms with van der Waals surface area (Å²) in [6.07, 6.45) is 2.05. The molecule has 0 fully saturated rings. The Morgan fingerprint density at radius 2 is 2.45 bits per heavy atom. The summed E-state index contributed by atoms with van der Waals surface area (Å²) in [5, 5.41) is 0. The Morgan fingerprint density at radius 3 is 3.09 bits per heavy atom. The zero-order valence-corrected chi connectivity index (χ0v) is 7.19. The quantitative estimate of drug-likeness (QED) is 0.528. The van der Waals surface area contributed by atoms with Crippen LogP contribution in [-0.2, 0) is 5.75 Å². The minimum absolute atomic E-state index is 0.719. The van der Waals surface area contributed by atoms with Crippen LogP contribution in [0.4, 0.5) is 5.82 Å². The Bertz CT molecular complexity index is 227. The molecule has 3 N–H and O–H groups in total. The maximum atomic E-state index is 5.20. The number of aromatic nitrogens is 1. The maximum Gasteiger partial charge on any atom is 0.140 e. The van der Waals surface area contributed by atoms with Gasteiger partial charge in [0.25, 0.3) is 0 Å². The van der Waals surface area contributed by atoms with Gasteiger partial charge in [-0.05, 0) is 18.4 Å². The van der Waals surface area contributed by atoms with Crippen LogP contribution in [0.2, 0.25) is 0 Å². The first-order valence-electron chi connectivity index (χ1n) is 3.28. The molecule has 0 saturated heterocycles. The molecule has 1 heterocycles. The van der Waals surface area contributed by atoms with Crippen molar-refractivity contribution in [2.45, 2.75) is 5.75 Å². The summed E-state index contributed by atoms with van der Waals surface area (Å²) in [7, 11) is 0. The van der Waals surface area contributed by atoms with Crippen molar-refractivity contribution in [2.75, 3.05) is 11.7 Å². The number of nitrogens with one attached hydrogen (secondary N) is 1. The highest BCUT2D eigenvalue weighted by atomic mass is 32.2. The topological polar surface area (TPSA) is 50.9 Å². The zero-order valence-electron chi connectivity index (χ0n) is 6.37. The summed E-state index contributed by atoms with van der Waals surface area (Å²) in [4.78, 5) is 4.22. The highest BCUT2D eigenvalue weighted by molar-refractivity contribution is 7.97. The SMILES string of the molecule is CSCc1cccc(NN)n1. The second kappa shape index (κ2) is 4.20. The minimum Gasteiger partial charge on any atom is -0.308 e. The molecule has 0 aliphatic heterocycles. The van der Waals surface area contributed by atoms with Crippen molar-refractivity contribution in [3.05, 3.63) is 23.9 Å². The number of thioether (sulfide) groups is 1. The fourth-order valence-corrected chi connectivity index (χ4v) is 1.24. The van der Waals surface area contributed by atoms with E-state index in [1.54, 1.807) is 11.8 Å². The van der Waals surface area contributed by atoms with Gasteiger partial charge < -0.3 is 5.43 Å². The average Bonchev–Trinajstić information content (AvgIpc) is 2.06. The third-order valence-electron chi connectivity index (χ3n) is 1.25. The van der Waals surface area contributed by atoms with Crippen molar-refractivity contribution >= 4 is 17.6 Å². The van der Waals surface area contributed by atoms with E-state index in [-0.39, 0.29) is 0 Å². The molecule has 3 nitrogen and oxygen atoms in total. The van der Waals surface area contributed by atoms with E-state index in [0.717, 1.165) is 17.3 Å². The van der Waals surface area contributed by atoms with Crippen LogP contribution in [-0.4, -0.2) is 11.2 Å². The number of pyridine rings is 1. The van der Waals surface area contributed by atoms with Crippen molar-refractivity contribution in [3.63, 3.8) is 0 Å². The van der Waals surface area contributed by atoms with Gasteiger partial charge in [0, 0.05) is 5.75 Å². The summed E-state index contributed by atoms with van der Waals surface area (Å²) in [5.41, 5.74) is 3.55. The van der Waals surface area contributed by atoms with E-state index in [1.165, 1.54) is 0 Å². The number of anilines is 1. The summed E-state index contributed by atoms with van der Waals surface area (Å²) in [6.45, 7) is 0. The summed E-state index contributed by atoms with van der Waals surface area (Å²) in [6, 6.07) is 5.76. The van der Waals surface area contributed by atoms with E-state index < -0.39 is 0 Å².